The molecular weight excluding hydrogens is 495 g/mol. The van der Waals surface area contributed by atoms with Crippen LogP contribution < -0.4 is 10.1 Å². The second kappa shape index (κ2) is 11.5. The number of nitrogens with one attached hydrogen (secondary N) is 1. The summed E-state index contributed by atoms with van der Waals surface area (Å²) in [7, 11) is 1.36. The second-order valence-corrected chi connectivity index (χ2v) is 8.70. The molecule has 36 heavy (non-hydrogen) atoms. The molecule has 3 aromatic rings. The number of halogens is 4. The van der Waals surface area contributed by atoms with Gasteiger partial charge in [0.15, 0.2) is 0 Å². The highest BCUT2D eigenvalue weighted by atomic mass is 35.5. The molecule has 0 aliphatic carbocycles. The molecule has 1 amide bonds. The van der Waals surface area contributed by atoms with Crippen LogP contribution >= 0.6 is 11.6 Å². The number of carbonyl (C=O) groups is 2. The topological polar surface area (TPSA) is 64.6 Å². The van der Waals surface area contributed by atoms with Gasteiger partial charge in [0.25, 0.3) is 5.91 Å². The Bertz CT molecular complexity index is 1270. The summed E-state index contributed by atoms with van der Waals surface area (Å²) in [5, 5.41) is 2.40. The van der Waals surface area contributed by atoms with E-state index in [9.17, 15) is 22.8 Å². The van der Waals surface area contributed by atoms with Gasteiger partial charge in [0, 0.05) is 13.0 Å². The van der Waals surface area contributed by atoms with Gasteiger partial charge in [-0.25, -0.2) is 0 Å². The Morgan fingerprint density at radius 2 is 1.72 bits per heavy atom. The Balaban J connectivity index is 1.67. The average Bonchev–Trinajstić information content (AvgIpc) is 2.80. The highest BCUT2D eigenvalue weighted by molar-refractivity contribution is 6.33. The van der Waals surface area contributed by atoms with E-state index in [1.807, 2.05) is 44.2 Å². The van der Waals surface area contributed by atoms with E-state index in [0.29, 0.717) is 24.3 Å². The fourth-order valence-corrected chi connectivity index (χ4v) is 3.89. The van der Waals surface area contributed by atoms with Crippen molar-refractivity contribution in [2.45, 2.75) is 39.4 Å². The van der Waals surface area contributed by atoms with E-state index in [-0.39, 0.29) is 23.1 Å². The molecule has 9 heteroatoms. The molecule has 0 saturated carbocycles. The standard InChI is InChI=1S/C27H25ClF3NO4/c1-16-10-18(15-32-26(34)23-8-6-20(14-24(23)28)27(29,30)31)13-22(11-16)36-21-7-4-19(17(2)12-21)5-9-25(33)35-3/h4,6-8,10-14H,5,9,15H2,1-3H3,(H,32,34). The first-order valence-corrected chi connectivity index (χ1v) is 11.4. The van der Waals surface area contributed by atoms with Crippen LogP contribution in [0.4, 0.5) is 13.2 Å². The quantitative estimate of drug-likeness (QED) is 0.332. The summed E-state index contributed by atoms with van der Waals surface area (Å²) in [5.41, 5.74) is 2.67. The molecule has 0 fully saturated rings. The largest absolute Gasteiger partial charge is 0.469 e. The van der Waals surface area contributed by atoms with Crippen LogP contribution in [-0.2, 0) is 28.7 Å². The molecular formula is C27H25ClF3NO4. The van der Waals surface area contributed by atoms with Crippen molar-refractivity contribution < 1.29 is 32.2 Å². The van der Waals surface area contributed by atoms with Gasteiger partial charge in [-0.2, -0.15) is 13.2 Å². The zero-order valence-electron chi connectivity index (χ0n) is 20.0. The predicted octanol–water partition coefficient (Wildman–Crippen LogP) is 6.80. The normalized spacial score (nSPS) is 11.2. The molecule has 5 nitrogen and oxygen atoms in total. The SMILES string of the molecule is COC(=O)CCc1ccc(Oc2cc(C)cc(CNC(=O)c3ccc(C(F)(F)F)cc3Cl)c2)cc1C. The van der Waals surface area contributed by atoms with Crippen molar-refractivity contribution in [1.29, 1.82) is 0 Å². The Kier molecular flexibility index (Phi) is 8.63. The van der Waals surface area contributed by atoms with Crippen molar-refractivity contribution in [3.63, 3.8) is 0 Å². The van der Waals surface area contributed by atoms with Crippen molar-refractivity contribution in [1.82, 2.24) is 5.32 Å². The summed E-state index contributed by atoms with van der Waals surface area (Å²) >= 11 is 5.92. The third kappa shape index (κ3) is 7.24. The van der Waals surface area contributed by atoms with Crippen LogP contribution in [0.1, 0.15) is 44.6 Å². The first kappa shape index (κ1) is 27.1. The van der Waals surface area contributed by atoms with Crippen LogP contribution in [-0.4, -0.2) is 19.0 Å². The molecule has 1 N–H and O–H groups in total. The monoisotopic (exact) mass is 519 g/mol. The average molecular weight is 520 g/mol. The van der Waals surface area contributed by atoms with Crippen molar-refractivity contribution in [3.05, 3.63) is 93.0 Å². The molecule has 190 valence electrons. The Labute approximate surface area is 212 Å². The van der Waals surface area contributed by atoms with Crippen molar-refractivity contribution >= 4 is 23.5 Å². The lowest BCUT2D eigenvalue weighted by atomic mass is 10.0. The molecule has 0 heterocycles. The van der Waals surface area contributed by atoms with Crippen molar-refractivity contribution in [3.8, 4) is 11.5 Å². The van der Waals surface area contributed by atoms with Gasteiger partial charge < -0.3 is 14.8 Å². The smallest absolute Gasteiger partial charge is 0.416 e. The van der Waals surface area contributed by atoms with Crippen LogP contribution in [0.5, 0.6) is 11.5 Å². The van der Waals surface area contributed by atoms with Crippen molar-refractivity contribution in [2.24, 2.45) is 0 Å². The maximum atomic E-state index is 12.8. The molecule has 0 spiro atoms. The van der Waals surface area contributed by atoms with Gasteiger partial charge >= 0.3 is 12.1 Å². The third-order valence-electron chi connectivity index (χ3n) is 5.48. The van der Waals surface area contributed by atoms with Crippen LogP contribution in [0.3, 0.4) is 0 Å². The van der Waals surface area contributed by atoms with Gasteiger partial charge in [-0.05, 0) is 85.0 Å². The van der Waals surface area contributed by atoms with E-state index in [1.54, 1.807) is 6.07 Å². The van der Waals surface area contributed by atoms with Gasteiger partial charge in [0.1, 0.15) is 11.5 Å². The zero-order valence-corrected chi connectivity index (χ0v) is 20.7. The van der Waals surface area contributed by atoms with Crippen molar-refractivity contribution in [2.75, 3.05) is 7.11 Å². The summed E-state index contributed by atoms with van der Waals surface area (Å²) in [6, 6.07) is 13.7. The number of esters is 1. The number of aryl methyl sites for hydroxylation is 3. The van der Waals surface area contributed by atoms with Gasteiger partial charge in [-0.3, -0.25) is 9.59 Å². The van der Waals surface area contributed by atoms with Crippen LogP contribution in [0.2, 0.25) is 5.02 Å². The summed E-state index contributed by atoms with van der Waals surface area (Å²) in [6.07, 6.45) is -3.68. The van der Waals surface area contributed by atoms with E-state index < -0.39 is 17.6 Å². The molecule has 0 atom stereocenters. The van der Waals surface area contributed by atoms with E-state index in [4.69, 9.17) is 16.3 Å². The number of amides is 1. The maximum absolute atomic E-state index is 12.8. The first-order chi connectivity index (χ1) is 17.0. The number of ether oxygens (including phenoxy) is 2. The molecule has 0 aromatic heterocycles. The molecule has 0 aliphatic heterocycles. The fourth-order valence-electron chi connectivity index (χ4n) is 3.63. The maximum Gasteiger partial charge on any atom is 0.416 e. The summed E-state index contributed by atoms with van der Waals surface area (Å²) in [4.78, 5) is 23.9. The van der Waals surface area contributed by atoms with E-state index >= 15 is 0 Å². The number of hydrogen-bond donors (Lipinski definition) is 1. The molecule has 0 bridgehead atoms. The highest BCUT2D eigenvalue weighted by Crippen LogP contribution is 2.32. The molecule has 0 radical (unpaired) electrons. The van der Waals surface area contributed by atoms with Gasteiger partial charge in [0.05, 0.1) is 23.3 Å². The van der Waals surface area contributed by atoms with E-state index in [1.165, 1.54) is 7.11 Å². The lowest BCUT2D eigenvalue weighted by molar-refractivity contribution is -0.140. The second-order valence-electron chi connectivity index (χ2n) is 8.30. The number of benzene rings is 3. The molecule has 0 unspecified atom stereocenters. The lowest BCUT2D eigenvalue weighted by Gasteiger charge is -2.13. The molecule has 0 saturated heterocycles. The number of rotatable bonds is 8. The summed E-state index contributed by atoms with van der Waals surface area (Å²) < 4.78 is 49.2. The first-order valence-electron chi connectivity index (χ1n) is 11.1. The third-order valence-corrected chi connectivity index (χ3v) is 5.79. The number of carbonyl (C=O) groups excluding carboxylic acids is 2. The Hall–Kier alpha value is -3.52. The van der Waals surface area contributed by atoms with Gasteiger partial charge in [-0.1, -0.05) is 23.7 Å². The molecule has 3 aromatic carbocycles. The summed E-state index contributed by atoms with van der Waals surface area (Å²) in [6.45, 7) is 3.94. The van der Waals surface area contributed by atoms with Gasteiger partial charge in [-0.15, -0.1) is 0 Å². The lowest BCUT2D eigenvalue weighted by Crippen LogP contribution is -2.23. The minimum atomic E-state index is -4.54. The Morgan fingerprint density at radius 3 is 2.36 bits per heavy atom. The van der Waals surface area contributed by atoms with Crippen LogP contribution in [0, 0.1) is 13.8 Å². The van der Waals surface area contributed by atoms with Crippen LogP contribution in [0.15, 0.2) is 54.6 Å². The predicted molar refractivity (Wildman–Crippen MR) is 130 cm³/mol. The van der Waals surface area contributed by atoms with Crippen LogP contribution in [0.25, 0.3) is 0 Å². The minimum Gasteiger partial charge on any atom is -0.469 e. The van der Waals surface area contributed by atoms with E-state index in [2.05, 4.69) is 10.1 Å². The van der Waals surface area contributed by atoms with E-state index in [0.717, 1.165) is 40.5 Å². The molecule has 0 aliphatic rings. The highest BCUT2D eigenvalue weighted by Gasteiger charge is 2.31. The number of methoxy groups -OCH3 is 1. The number of alkyl halides is 3. The molecule has 3 rings (SSSR count). The Morgan fingerprint density at radius 1 is 0.972 bits per heavy atom. The van der Waals surface area contributed by atoms with Gasteiger partial charge in [0.2, 0.25) is 0 Å². The fraction of sp³-hybridized carbons (Fsp3) is 0.259. The summed E-state index contributed by atoms with van der Waals surface area (Å²) in [5.74, 6) is 0.325. The minimum absolute atomic E-state index is 0.0449. The zero-order chi connectivity index (χ0) is 26.5. The number of hydrogen-bond acceptors (Lipinski definition) is 4.